The fraction of sp³-hybridized carbons (Fsp3) is 0.222. The number of aromatic nitrogens is 2. The van der Waals surface area contributed by atoms with E-state index in [0.29, 0.717) is 29.8 Å². The van der Waals surface area contributed by atoms with E-state index in [1.807, 2.05) is 6.07 Å². The van der Waals surface area contributed by atoms with E-state index >= 15 is 0 Å². The smallest absolute Gasteiger partial charge is 0.293 e. The summed E-state index contributed by atoms with van der Waals surface area (Å²) in [5, 5.41) is 20.9. The Morgan fingerprint density at radius 2 is 1.97 bits per heavy atom. The number of aromatic amines is 1. The lowest BCUT2D eigenvalue weighted by atomic mass is 10.1. The number of hydrogen-bond donors (Lipinski definition) is 1. The summed E-state index contributed by atoms with van der Waals surface area (Å²) in [6.45, 7) is 0.970. The molecule has 0 atom stereocenters. The standard InChI is InChI=1S/C18H16N6O4S/c19-11-13-3-4-15(16(10-13)24(25)26)22-6-8-23(9-7-22)29(27,28)17-12-21-18-14(17)2-1-5-20-18/h1-5,10,12H,6-9H2,(H,20,21). The molecule has 1 N–H and O–H groups in total. The SMILES string of the molecule is N#Cc1ccc(N2CCN(S(=O)(=O)c3c[nH]c4ncccc34)CC2)c([N+](=O)[O-])c1. The van der Waals surface area contributed by atoms with Crippen molar-refractivity contribution in [3.63, 3.8) is 0 Å². The van der Waals surface area contributed by atoms with Gasteiger partial charge in [-0.25, -0.2) is 13.4 Å². The quantitative estimate of drug-likeness (QED) is 0.510. The van der Waals surface area contributed by atoms with Crippen LogP contribution in [0.2, 0.25) is 0 Å². The van der Waals surface area contributed by atoms with E-state index in [4.69, 9.17) is 5.26 Å². The number of benzene rings is 1. The van der Waals surface area contributed by atoms with Crippen molar-refractivity contribution in [2.45, 2.75) is 4.90 Å². The van der Waals surface area contributed by atoms with Crippen molar-refractivity contribution >= 4 is 32.4 Å². The Morgan fingerprint density at radius 1 is 1.21 bits per heavy atom. The summed E-state index contributed by atoms with van der Waals surface area (Å²) in [6.07, 6.45) is 3.02. The number of rotatable bonds is 4. The molecule has 0 spiro atoms. The summed E-state index contributed by atoms with van der Waals surface area (Å²) in [6, 6.07) is 9.55. The van der Waals surface area contributed by atoms with Crippen molar-refractivity contribution in [1.29, 1.82) is 5.26 Å². The molecule has 3 heterocycles. The third-order valence-electron chi connectivity index (χ3n) is 4.91. The summed E-state index contributed by atoms with van der Waals surface area (Å²) >= 11 is 0. The van der Waals surface area contributed by atoms with Crippen LogP contribution in [0.25, 0.3) is 11.0 Å². The largest absolute Gasteiger partial charge is 0.363 e. The van der Waals surface area contributed by atoms with E-state index in [1.165, 1.54) is 28.7 Å². The van der Waals surface area contributed by atoms with E-state index < -0.39 is 14.9 Å². The van der Waals surface area contributed by atoms with Crippen LogP contribution in [0.15, 0.2) is 47.6 Å². The van der Waals surface area contributed by atoms with Crippen LogP contribution in [0, 0.1) is 21.4 Å². The molecule has 1 fully saturated rings. The van der Waals surface area contributed by atoms with Gasteiger partial charge in [0.2, 0.25) is 10.0 Å². The number of hydrogen-bond acceptors (Lipinski definition) is 7. The Morgan fingerprint density at radius 3 is 2.66 bits per heavy atom. The van der Waals surface area contributed by atoms with Crippen LogP contribution in [-0.2, 0) is 10.0 Å². The van der Waals surface area contributed by atoms with Gasteiger partial charge in [-0.2, -0.15) is 9.57 Å². The molecular formula is C18H16N6O4S. The number of nitro benzene ring substituents is 1. The van der Waals surface area contributed by atoms with Crippen molar-refractivity contribution in [2.24, 2.45) is 0 Å². The van der Waals surface area contributed by atoms with Gasteiger partial charge >= 0.3 is 0 Å². The van der Waals surface area contributed by atoms with Gasteiger partial charge in [-0.1, -0.05) is 0 Å². The van der Waals surface area contributed by atoms with Crippen LogP contribution in [0.3, 0.4) is 0 Å². The first-order valence-electron chi connectivity index (χ1n) is 8.77. The van der Waals surface area contributed by atoms with Crippen LogP contribution < -0.4 is 4.90 Å². The number of fused-ring (bicyclic) bond motifs is 1. The van der Waals surface area contributed by atoms with Gasteiger partial charge < -0.3 is 9.88 Å². The third-order valence-corrected chi connectivity index (χ3v) is 6.85. The minimum atomic E-state index is -3.73. The van der Waals surface area contributed by atoms with Gasteiger partial charge in [0.1, 0.15) is 16.2 Å². The highest BCUT2D eigenvalue weighted by Gasteiger charge is 2.32. The number of piperazine rings is 1. The molecule has 0 aliphatic carbocycles. The molecule has 1 aliphatic rings. The highest BCUT2D eigenvalue weighted by Crippen LogP contribution is 2.31. The zero-order valence-corrected chi connectivity index (χ0v) is 16.0. The molecule has 29 heavy (non-hydrogen) atoms. The molecule has 1 saturated heterocycles. The van der Waals surface area contributed by atoms with Gasteiger partial charge in [-0.15, -0.1) is 0 Å². The van der Waals surface area contributed by atoms with Gasteiger partial charge in [0, 0.05) is 50.0 Å². The predicted molar refractivity (Wildman–Crippen MR) is 105 cm³/mol. The van der Waals surface area contributed by atoms with Gasteiger partial charge in [0.15, 0.2) is 0 Å². The van der Waals surface area contributed by atoms with Gasteiger partial charge in [0.25, 0.3) is 5.69 Å². The summed E-state index contributed by atoms with van der Waals surface area (Å²) in [5.41, 5.74) is 0.915. The Bertz CT molecular complexity index is 1240. The normalized spacial score (nSPS) is 15.3. The number of anilines is 1. The predicted octanol–water partition coefficient (Wildman–Crippen LogP) is 1.85. The summed E-state index contributed by atoms with van der Waals surface area (Å²) in [5.74, 6) is 0. The number of H-pyrrole nitrogens is 1. The highest BCUT2D eigenvalue weighted by molar-refractivity contribution is 7.89. The minimum absolute atomic E-state index is 0.164. The van der Waals surface area contributed by atoms with Crippen LogP contribution >= 0.6 is 0 Å². The topological polar surface area (TPSA) is 136 Å². The molecule has 1 aromatic carbocycles. The van der Waals surface area contributed by atoms with Crippen LogP contribution in [0.5, 0.6) is 0 Å². The molecule has 2 aromatic heterocycles. The number of nitrogens with zero attached hydrogens (tertiary/aromatic N) is 5. The molecule has 148 valence electrons. The lowest BCUT2D eigenvalue weighted by Crippen LogP contribution is -2.48. The van der Waals surface area contributed by atoms with Crippen molar-refractivity contribution in [1.82, 2.24) is 14.3 Å². The molecule has 0 radical (unpaired) electrons. The van der Waals surface area contributed by atoms with E-state index in [1.54, 1.807) is 23.2 Å². The summed E-state index contributed by atoms with van der Waals surface area (Å²) in [7, 11) is -3.73. The first-order valence-corrected chi connectivity index (χ1v) is 10.2. The Kier molecular flexibility index (Phi) is 4.65. The average Bonchev–Trinajstić information content (AvgIpc) is 3.18. The molecule has 3 aromatic rings. The second kappa shape index (κ2) is 7.16. The highest BCUT2D eigenvalue weighted by atomic mass is 32.2. The summed E-state index contributed by atoms with van der Waals surface area (Å²) < 4.78 is 27.5. The molecule has 4 rings (SSSR count). The minimum Gasteiger partial charge on any atom is -0.363 e. The van der Waals surface area contributed by atoms with Crippen molar-refractivity contribution in [3.05, 3.63) is 58.4 Å². The third kappa shape index (κ3) is 3.28. The monoisotopic (exact) mass is 412 g/mol. The fourth-order valence-corrected chi connectivity index (χ4v) is 5.03. The van der Waals surface area contributed by atoms with Crippen LogP contribution in [0.1, 0.15) is 5.56 Å². The maximum absolute atomic E-state index is 13.1. The van der Waals surface area contributed by atoms with Gasteiger partial charge in [-0.3, -0.25) is 10.1 Å². The molecule has 10 nitrogen and oxygen atoms in total. The van der Waals surface area contributed by atoms with E-state index in [2.05, 4.69) is 9.97 Å². The zero-order chi connectivity index (χ0) is 20.6. The number of nitriles is 1. The lowest BCUT2D eigenvalue weighted by Gasteiger charge is -2.35. The second-order valence-corrected chi connectivity index (χ2v) is 8.42. The molecule has 0 amide bonds. The van der Waals surface area contributed by atoms with E-state index in [0.717, 1.165) is 0 Å². The number of pyridine rings is 1. The zero-order valence-electron chi connectivity index (χ0n) is 15.1. The van der Waals surface area contributed by atoms with Crippen molar-refractivity contribution in [2.75, 3.05) is 31.1 Å². The first kappa shape index (κ1) is 18.9. The first-order chi connectivity index (χ1) is 13.9. The molecule has 0 bridgehead atoms. The molecule has 0 unspecified atom stereocenters. The lowest BCUT2D eigenvalue weighted by molar-refractivity contribution is -0.384. The van der Waals surface area contributed by atoms with Crippen LogP contribution in [0.4, 0.5) is 11.4 Å². The molecule has 0 saturated carbocycles. The maximum Gasteiger partial charge on any atom is 0.293 e. The fourth-order valence-electron chi connectivity index (χ4n) is 3.46. The van der Waals surface area contributed by atoms with E-state index in [-0.39, 0.29) is 29.2 Å². The number of nitro groups is 1. The van der Waals surface area contributed by atoms with E-state index in [9.17, 15) is 18.5 Å². The van der Waals surface area contributed by atoms with Gasteiger partial charge in [-0.05, 0) is 24.3 Å². The summed E-state index contributed by atoms with van der Waals surface area (Å²) in [4.78, 5) is 19.8. The second-order valence-electron chi connectivity index (χ2n) is 6.52. The van der Waals surface area contributed by atoms with Gasteiger partial charge in [0.05, 0.1) is 16.6 Å². The number of nitrogens with one attached hydrogen (secondary N) is 1. The molecular weight excluding hydrogens is 396 g/mol. The Balaban J connectivity index is 1.57. The Labute approximate surface area is 166 Å². The molecule has 11 heteroatoms. The molecule has 1 aliphatic heterocycles. The maximum atomic E-state index is 13.1. The average molecular weight is 412 g/mol. The van der Waals surface area contributed by atoms with Crippen molar-refractivity contribution < 1.29 is 13.3 Å². The van der Waals surface area contributed by atoms with Crippen LogP contribution in [-0.4, -0.2) is 53.8 Å². The number of sulfonamides is 1. The van der Waals surface area contributed by atoms with Crippen molar-refractivity contribution in [3.8, 4) is 6.07 Å². The Hall–Kier alpha value is -3.49.